The van der Waals surface area contributed by atoms with Crippen LogP contribution in [0.4, 0.5) is 16.2 Å². The van der Waals surface area contributed by atoms with Crippen molar-refractivity contribution in [3.05, 3.63) is 53.0 Å². The number of anilines is 2. The second kappa shape index (κ2) is 7.57. The van der Waals surface area contributed by atoms with Gasteiger partial charge in [-0.05, 0) is 30.3 Å². The van der Waals surface area contributed by atoms with E-state index in [1.165, 1.54) is 0 Å². The number of hydrogen-bond acceptors (Lipinski definition) is 3. The molecule has 1 atom stereocenters. The average Bonchev–Trinajstić information content (AvgIpc) is 2.95. The summed E-state index contributed by atoms with van der Waals surface area (Å²) in [6.45, 7) is 0.428. The minimum absolute atomic E-state index is 0.0268. The molecule has 0 radical (unpaired) electrons. The molecule has 1 saturated heterocycles. The second-order valence-corrected chi connectivity index (χ2v) is 6.63. The topological polar surface area (TPSA) is 70.7 Å². The van der Waals surface area contributed by atoms with Crippen molar-refractivity contribution in [1.29, 1.82) is 0 Å². The van der Waals surface area contributed by atoms with Crippen LogP contribution in [0.1, 0.15) is 6.42 Å². The van der Waals surface area contributed by atoms with Crippen molar-refractivity contribution >= 4 is 39.2 Å². The standard InChI is InChI=1S/C18H18BrN3O3/c1-25-16-7-3-6-15(10-16)22-11-14(9-17(22)23)21-18(24)20-13-5-2-4-12(19)8-13/h2-8,10,14H,9,11H2,1H3,(H2,20,21,24). The van der Waals surface area contributed by atoms with E-state index >= 15 is 0 Å². The lowest BCUT2D eigenvalue weighted by molar-refractivity contribution is -0.117. The Morgan fingerprint density at radius 3 is 2.80 bits per heavy atom. The van der Waals surface area contributed by atoms with E-state index in [0.29, 0.717) is 18.0 Å². The molecule has 2 aromatic rings. The van der Waals surface area contributed by atoms with Gasteiger partial charge in [-0.15, -0.1) is 0 Å². The normalized spacial score (nSPS) is 16.6. The smallest absolute Gasteiger partial charge is 0.319 e. The Morgan fingerprint density at radius 2 is 2.04 bits per heavy atom. The van der Waals surface area contributed by atoms with Crippen molar-refractivity contribution in [3.63, 3.8) is 0 Å². The molecule has 3 amide bonds. The van der Waals surface area contributed by atoms with Crippen molar-refractivity contribution in [2.45, 2.75) is 12.5 Å². The Bertz CT molecular complexity index is 797. The lowest BCUT2D eigenvalue weighted by Crippen LogP contribution is -2.39. The molecule has 0 spiro atoms. The van der Waals surface area contributed by atoms with Gasteiger partial charge in [0.1, 0.15) is 5.75 Å². The number of benzene rings is 2. The van der Waals surface area contributed by atoms with Crippen LogP contribution in [0, 0.1) is 0 Å². The maximum atomic E-state index is 12.3. The summed E-state index contributed by atoms with van der Waals surface area (Å²) in [5, 5.41) is 5.61. The molecule has 130 valence electrons. The molecule has 3 rings (SSSR count). The van der Waals surface area contributed by atoms with Gasteiger partial charge in [0.05, 0.1) is 13.2 Å². The predicted molar refractivity (Wildman–Crippen MR) is 100 cm³/mol. The molecule has 2 N–H and O–H groups in total. The Balaban J connectivity index is 1.61. The zero-order valence-electron chi connectivity index (χ0n) is 13.7. The highest BCUT2D eigenvalue weighted by atomic mass is 79.9. The summed E-state index contributed by atoms with van der Waals surface area (Å²) in [6, 6.07) is 14.1. The summed E-state index contributed by atoms with van der Waals surface area (Å²) >= 11 is 3.36. The molecular weight excluding hydrogens is 386 g/mol. The van der Waals surface area contributed by atoms with Crippen LogP contribution in [0.3, 0.4) is 0 Å². The van der Waals surface area contributed by atoms with Crippen molar-refractivity contribution in [3.8, 4) is 5.75 Å². The van der Waals surface area contributed by atoms with Crippen LogP contribution in [0.25, 0.3) is 0 Å². The maximum Gasteiger partial charge on any atom is 0.319 e. The maximum absolute atomic E-state index is 12.3. The Labute approximate surface area is 154 Å². The molecular formula is C18H18BrN3O3. The SMILES string of the molecule is COc1cccc(N2CC(NC(=O)Nc3cccc(Br)c3)CC2=O)c1. The van der Waals surface area contributed by atoms with Crippen LogP contribution in [-0.2, 0) is 4.79 Å². The van der Waals surface area contributed by atoms with Crippen LogP contribution in [0.5, 0.6) is 5.75 Å². The zero-order chi connectivity index (χ0) is 17.8. The highest BCUT2D eigenvalue weighted by Crippen LogP contribution is 2.25. The molecule has 25 heavy (non-hydrogen) atoms. The van der Waals surface area contributed by atoms with E-state index in [1.54, 1.807) is 18.1 Å². The Morgan fingerprint density at radius 1 is 1.24 bits per heavy atom. The first-order valence-corrected chi connectivity index (χ1v) is 8.62. The number of halogens is 1. The van der Waals surface area contributed by atoms with Gasteiger partial charge in [-0.1, -0.05) is 28.1 Å². The lowest BCUT2D eigenvalue weighted by atomic mass is 10.2. The quantitative estimate of drug-likeness (QED) is 0.821. The van der Waals surface area contributed by atoms with Gasteiger partial charge >= 0.3 is 6.03 Å². The molecule has 2 aromatic carbocycles. The lowest BCUT2D eigenvalue weighted by Gasteiger charge is -2.18. The molecule has 0 aromatic heterocycles. The van der Waals surface area contributed by atoms with Gasteiger partial charge in [0.2, 0.25) is 5.91 Å². The van der Waals surface area contributed by atoms with Gasteiger partial charge in [-0.2, -0.15) is 0 Å². The first kappa shape index (κ1) is 17.3. The van der Waals surface area contributed by atoms with Crippen LogP contribution in [-0.4, -0.2) is 31.6 Å². The fourth-order valence-corrected chi connectivity index (χ4v) is 3.15. The largest absolute Gasteiger partial charge is 0.497 e. The second-order valence-electron chi connectivity index (χ2n) is 5.72. The third kappa shape index (κ3) is 4.30. The van der Waals surface area contributed by atoms with E-state index in [-0.39, 0.29) is 24.4 Å². The Kier molecular flexibility index (Phi) is 5.23. The fourth-order valence-electron chi connectivity index (χ4n) is 2.75. The summed E-state index contributed by atoms with van der Waals surface area (Å²) < 4.78 is 6.08. The molecule has 6 nitrogen and oxygen atoms in total. The number of methoxy groups -OCH3 is 1. The Hall–Kier alpha value is -2.54. The molecule has 0 bridgehead atoms. The molecule has 1 fully saturated rings. The molecule has 1 aliphatic heterocycles. The number of amides is 3. The minimum Gasteiger partial charge on any atom is -0.497 e. The monoisotopic (exact) mass is 403 g/mol. The van der Waals surface area contributed by atoms with Crippen LogP contribution < -0.4 is 20.3 Å². The number of carbonyl (C=O) groups is 2. The zero-order valence-corrected chi connectivity index (χ0v) is 15.2. The molecule has 0 saturated carbocycles. The van der Waals surface area contributed by atoms with E-state index in [4.69, 9.17) is 4.74 Å². The van der Waals surface area contributed by atoms with Crippen molar-refractivity contribution in [1.82, 2.24) is 5.32 Å². The van der Waals surface area contributed by atoms with Crippen molar-refractivity contribution in [2.75, 3.05) is 23.9 Å². The predicted octanol–water partition coefficient (Wildman–Crippen LogP) is 3.38. The summed E-state index contributed by atoms with van der Waals surface area (Å²) in [5.41, 5.74) is 1.45. The molecule has 1 aliphatic rings. The highest BCUT2D eigenvalue weighted by molar-refractivity contribution is 9.10. The van der Waals surface area contributed by atoms with E-state index < -0.39 is 0 Å². The number of urea groups is 1. The first-order chi connectivity index (χ1) is 12.0. The van der Waals surface area contributed by atoms with E-state index in [9.17, 15) is 9.59 Å². The van der Waals surface area contributed by atoms with Crippen molar-refractivity contribution < 1.29 is 14.3 Å². The molecule has 1 heterocycles. The fraction of sp³-hybridized carbons (Fsp3) is 0.222. The number of nitrogens with one attached hydrogen (secondary N) is 2. The first-order valence-electron chi connectivity index (χ1n) is 7.82. The van der Waals surface area contributed by atoms with Gasteiger partial charge in [-0.25, -0.2) is 4.79 Å². The number of carbonyl (C=O) groups excluding carboxylic acids is 2. The highest BCUT2D eigenvalue weighted by Gasteiger charge is 2.31. The summed E-state index contributed by atoms with van der Waals surface area (Å²) in [6.07, 6.45) is 0.267. The molecule has 0 aliphatic carbocycles. The van der Waals surface area contributed by atoms with Crippen LogP contribution in [0.15, 0.2) is 53.0 Å². The minimum atomic E-state index is -0.330. The van der Waals surface area contributed by atoms with Gasteiger partial charge in [0.15, 0.2) is 0 Å². The van der Waals surface area contributed by atoms with E-state index in [0.717, 1.165) is 10.2 Å². The molecule has 7 heteroatoms. The van der Waals surface area contributed by atoms with Gasteiger partial charge in [-0.3, -0.25) is 4.79 Å². The number of ether oxygens (including phenoxy) is 1. The number of rotatable bonds is 4. The van der Waals surface area contributed by atoms with Crippen LogP contribution in [0.2, 0.25) is 0 Å². The van der Waals surface area contributed by atoms with Gasteiger partial charge in [0, 0.05) is 34.9 Å². The summed E-state index contributed by atoms with van der Waals surface area (Å²) in [7, 11) is 1.58. The van der Waals surface area contributed by atoms with Crippen LogP contribution >= 0.6 is 15.9 Å². The van der Waals surface area contributed by atoms with Gasteiger partial charge in [0.25, 0.3) is 0 Å². The summed E-state index contributed by atoms with van der Waals surface area (Å²) in [5.74, 6) is 0.662. The molecule has 1 unspecified atom stereocenters. The number of hydrogen-bond donors (Lipinski definition) is 2. The van der Waals surface area contributed by atoms with Crippen molar-refractivity contribution in [2.24, 2.45) is 0 Å². The van der Waals surface area contributed by atoms with Gasteiger partial charge < -0.3 is 20.3 Å². The number of nitrogens with zero attached hydrogens (tertiary/aromatic N) is 1. The third-order valence-electron chi connectivity index (χ3n) is 3.91. The van der Waals surface area contributed by atoms with E-state index in [2.05, 4.69) is 26.6 Å². The third-order valence-corrected chi connectivity index (χ3v) is 4.40. The average molecular weight is 404 g/mol. The van der Waals surface area contributed by atoms with E-state index in [1.807, 2.05) is 42.5 Å². The summed E-state index contributed by atoms with van der Waals surface area (Å²) in [4.78, 5) is 26.1.